The van der Waals surface area contributed by atoms with E-state index in [1.54, 1.807) is 18.2 Å². The van der Waals surface area contributed by atoms with Gasteiger partial charge in [-0.25, -0.2) is 4.79 Å². The van der Waals surface area contributed by atoms with Crippen molar-refractivity contribution >= 4 is 70.7 Å². The smallest absolute Gasteiger partial charge is 0.333 e. The zero-order valence-corrected chi connectivity index (χ0v) is 35.1. The Kier molecular flexibility index (Phi) is 13.2. The number of hydrogen-bond acceptors (Lipinski definition) is 11. The molecule has 1 unspecified atom stereocenters. The van der Waals surface area contributed by atoms with Gasteiger partial charge < -0.3 is 15.1 Å². The van der Waals surface area contributed by atoms with Crippen LogP contribution in [0.4, 0.5) is 11.4 Å². The molecule has 1 atom stereocenters. The Bertz CT molecular complexity index is 2560. The maximum atomic E-state index is 12.4. The molecule has 3 aromatic rings. The minimum Gasteiger partial charge on any atom is -0.492 e. The van der Waals surface area contributed by atoms with E-state index in [1.165, 1.54) is 30.3 Å². The lowest BCUT2D eigenvalue weighted by Gasteiger charge is -2.23. The van der Waals surface area contributed by atoms with Crippen LogP contribution < -0.4 is 4.84 Å². The highest BCUT2D eigenvalue weighted by atomic mass is 35.5. The van der Waals surface area contributed by atoms with Crippen LogP contribution in [-0.4, -0.2) is 88.1 Å². The Morgan fingerprint density at radius 3 is 2.14 bits per heavy atom. The van der Waals surface area contributed by atoms with Crippen molar-refractivity contribution in [3.05, 3.63) is 82.9 Å². The highest BCUT2D eigenvalue weighted by Crippen LogP contribution is 2.47. The normalized spacial score (nSPS) is 17.9. The van der Waals surface area contributed by atoms with E-state index >= 15 is 0 Å². The first-order valence-electron chi connectivity index (χ1n) is 18.2. The molecule has 0 bridgehead atoms. The van der Waals surface area contributed by atoms with Gasteiger partial charge in [-0.3, -0.25) is 18.7 Å². The average molecular weight is 883 g/mol. The Labute approximate surface area is 342 Å². The summed E-state index contributed by atoms with van der Waals surface area (Å²) in [4.78, 5) is 21.5. The van der Waals surface area contributed by atoms with Gasteiger partial charge in [-0.05, 0) is 56.0 Å². The highest BCUT2D eigenvalue weighted by molar-refractivity contribution is 7.86. The number of aromatic hydroxyl groups is 2. The zero-order chi connectivity index (χ0) is 42.8. The first-order chi connectivity index (χ1) is 26.9. The first-order valence-corrected chi connectivity index (χ1v) is 23.1. The van der Waals surface area contributed by atoms with Crippen molar-refractivity contribution in [1.82, 2.24) is 4.73 Å². The fourth-order valence-corrected chi connectivity index (χ4v) is 9.20. The molecule has 0 saturated carbocycles. The molecule has 20 heteroatoms. The van der Waals surface area contributed by atoms with Crippen molar-refractivity contribution in [1.29, 1.82) is 0 Å². The van der Waals surface area contributed by atoms with Crippen LogP contribution in [0.3, 0.4) is 0 Å². The molecular weight excluding hydrogens is 838 g/mol. The number of hydrogen-bond donors (Lipinski definition) is 5. The van der Waals surface area contributed by atoms with Crippen LogP contribution in [0.15, 0.2) is 81.6 Å². The van der Waals surface area contributed by atoms with Crippen LogP contribution in [0.5, 0.6) is 11.8 Å². The summed E-state index contributed by atoms with van der Waals surface area (Å²) in [6.07, 6.45) is 9.98. The summed E-state index contributed by atoms with van der Waals surface area (Å²) >= 11 is 6.37. The molecule has 1 aromatic heterocycles. The van der Waals surface area contributed by atoms with Gasteiger partial charge >= 0.3 is 5.97 Å². The Morgan fingerprint density at radius 1 is 0.845 bits per heavy atom. The van der Waals surface area contributed by atoms with Crippen LogP contribution in [0.25, 0.3) is 0 Å². The number of aliphatic imine (C=N–C) groups is 1. The van der Waals surface area contributed by atoms with E-state index in [9.17, 15) is 53.9 Å². The van der Waals surface area contributed by atoms with E-state index in [0.29, 0.717) is 78.0 Å². The molecule has 5 N–H and O–H groups in total. The number of carbonyl (C=O) groups is 1. The molecule has 3 heterocycles. The monoisotopic (exact) mass is 882 g/mol. The third-order valence-electron chi connectivity index (χ3n) is 10.4. The predicted octanol–water partition coefficient (Wildman–Crippen LogP) is 6.24. The van der Waals surface area contributed by atoms with Crippen molar-refractivity contribution < 1.29 is 63.3 Å². The van der Waals surface area contributed by atoms with Gasteiger partial charge in [-0.15, -0.1) is 4.73 Å². The number of unbranched alkanes of at least 4 members (excludes halogenated alkanes) is 3. The number of rotatable bonds is 18. The van der Waals surface area contributed by atoms with Gasteiger partial charge in [0.25, 0.3) is 30.4 Å². The van der Waals surface area contributed by atoms with E-state index in [2.05, 4.69) is 4.99 Å². The predicted molar refractivity (Wildman–Crippen MR) is 216 cm³/mol. The second-order valence-electron chi connectivity index (χ2n) is 14.8. The molecule has 0 fully saturated rings. The van der Waals surface area contributed by atoms with Crippen molar-refractivity contribution in [3.8, 4) is 11.8 Å². The molecule has 2 aliphatic rings. The lowest BCUT2D eigenvalue weighted by Crippen LogP contribution is -2.31. The highest BCUT2D eigenvalue weighted by Gasteiger charge is 2.47. The largest absolute Gasteiger partial charge is 0.492 e. The van der Waals surface area contributed by atoms with Crippen LogP contribution in [-0.2, 0) is 46.0 Å². The quantitative estimate of drug-likeness (QED) is 0.0411. The van der Waals surface area contributed by atoms with Crippen LogP contribution in [0.1, 0.15) is 83.3 Å². The lowest BCUT2D eigenvalue weighted by molar-refractivity contribution is -0.438. The molecule has 2 aromatic carbocycles. The Hall–Kier alpha value is -4.37. The van der Waals surface area contributed by atoms with Crippen molar-refractivity contribution in [2.24, 2.45) is 4.99 Å². The number of nitrogens with zero attached hydrogens (tertiary/aromatic N) is 3. The molecule has 314 valence electrons. The molecule has 58 heavy (non-hydrogen) atoms. The maximum absolute atomic E-state index is 12.4. The second kappa shape index (κ2) is 17.1. The number of fused-ring (bicyclic) bond motifs is 2. The number of benzene rings is 2. The number of allylic oxidation sites excluding steroid dienone is 4. The fraction of sp³-hybridized carbons (Fsp3) is 0.395. The van der Waals surface area contributed by atoms with E-state index < -0.39 is 64.7 Å². The number of halogens is 1. The molecule has 0 aliphatic carbocycles. The molecule has 0 amide bonds. The van der Waals surface area contributed by atoms with Crippen molar-refractivity contribution in [2.75, 3.05) is 12.3 Å². The summed E-state index contributed by atoms with van der Waals surface area (Å²) in [6, 6.07) is 9.11. The Morgan fingerprint density at radius 2 is 1.50 bits per heavy atom. The van der Waals surface area contributed by atoms with E-state index in [-0.39, 0.29) is 27.7 Å². The SMILES string of the molecule is CC1(C)C(CC=CC=CC2=[N+](CCCCS(=O)(=O)O)c3ccc(S(=O)(=O)O)cc3C2(C)CCCCCC(=O)On2c(O)ccc2O)=Nc2c(Cl)cc(S(=O)(=O)O)cc21. The third kappa shape index (κ3) is 10.1. The summed E-state index contributed by atoms with van der Waals surface area (Å²) in [5.41, 5.74) is 2.05. The van der Waals surface area contributed by atoms with E-state index in [0.717, 1.165) is 11.8 Å². The Balaban J connectivity index is 1.40. The van der Waals surface area contributed by atoms with Crippen molar-refractivity contribution in [3.63, 3.8) is 0 Å². The summed E-state index contributed by atoms with van der Waals surface area (Å²) in [6.45, 7) is 5.95. The molecule has 16 nitrogen and oxygen atoms in total. The van der Waals surface area contributed by atoms with Gasteiger partial charge in [0.05, 0.1) is 31.7 Å². The molecule has 2 aliphatic heterocycles. The minimum absolute atomic E-state index is 0.0283. The summed E-state index contributed by atoms with van der Waals surface area (Å²) in [7, 11) is -13.3. The van der Waals surface area contributed by atoms with Crippen LogP contribution >= 0.6 is 11.6 Å². The van der Waals surface area contributed by atoms with E-state index in [1.807, 2.05) is 37.5 Å². The van der Waals surface area contributed by atoms with E-state index in [4.69, 9.17) is 16.4 Å². The van der Waals surface area contributed by atoms with Gasteiger partial charge in [0, 0.05) is 60.2 Å². The maximum Gasteiger partial charge on any atom is 0.333 e. The number of carbonyl (C=O) groups excluding carboxylic acids is 1. The molecular formula is C38H45ClN3O13S3+. The van der Waals surface area contributed by atoms with Gasteiger partial charge in [0.2, 0.25) is 17.4 Å². The summed E-state index contributed by atoms with van der Waals surface area (Å²) in [5, 5.41) is 19.6. The summed E-state index contributed by atoms with van der Waals surface area (Å²) < 4.78 is 103. The third-order valence-corrected chi connectivity index (χ3v) is 13.2. The fourth-order valence-electron chi connectivity index (χ4n) is 7.27. The van der Waals surface area contributed by atoms with Gasteiger partial charge in [0.1, 0.15) is 6.54 Å². The second-order valence-corrected chi connectivity index (χ2v) is 19.7. The first kappa shape index (κ1) is 44.7. The van der Waals surface area contributed by atoms with Gasteiger partial charge in [0.15, 0.2) is 5.71 Å². The lowest BCUT2D eigenvalue weighted by atomic mass is 9.75. The topological polar surface area (TPSA) is 250 Å². The summed E-state index contributed by atoms with van der Waals surface area (Å²) in [5.74, 6) is -2.02. The van der Waals surface area contributed by atoms with Crippen LogP contribution in [0, 0.1) is 0 Å². The molecule has 5 rings (SSSR count). The standard InChI is InChI=1S/C38H44ClN3O13S3/c1-37(2)28-23-26(58(52,53)54)24-29(39)36(28)40-31(37)12-6-4-7-13-32-38(3,19-9-5-8-14-35(45)55-42-33(43)17-18-34(42)44)27-22-25(57(49,50)51)15-16-30(27)41(32)20-10-11-21-56(46,47)48/h4,6-7,13,15-18,22-24H,5,8-12,14,19-21H2,1-3H3,(H4-,43,44,46,47,48,49,50,51,52,53,54)/p+1. The number of aromatic nitrogens is 1. The molecule has 0 saturated heterocycles. The van der Waals surface area contributed by atoms with Crippen molar-refractivity contribution in [2.45, 2.75) is 92.8 Å². The molecule has 0 radical (unpaired) electrons. The van der Waals surface area contributed by atoms with Gasteiger partial charge in [-0.2, -0.15) is 29.8 Å². The zero-order valence-electron chi connectivity index (χ0n) is 31.9. The van der Waals surface area contributed by atoms with Crippen LogP contribution in [0.2, 0.25) is 5.02 Å². The minimum atomic E-state index is -4.59. The average Bonchev–Trinajstić information content (AvgIpc) is 3.66. The molecule has 0 spiro atoms. The van der Waals surface area contributed by atoms with Gasteiger partial charge in [-0.1, -0.05) is 56.5 Å².